The summed E-state index contributed by atoms with van der Waals surface area (Å²) in [6.45, 7) is -0.0409. The predicted molar refractivity (Wildman–Crippen MR) is 50.2 cm³/mol. The van der Waals surface area contributed by atoms with Crippen LogP contribution in [0.15, 0.2) is 24.5 Å². The maximum Gasteiger partial charge on any atom is 0.114 e. The van der Waals surface area contributed by atoms with E-state index in [-0.39, 0.29) is 6.61 Å². The van der Waals surface area contributed by atoms with Crippen molar-refractivity contribution in [2.24, 2.45) is 7.05 Å². The zero-order chi connectivity index (χ0) is 9.97. The first-order valence-corrected chi connectivity index (χ1v) is 4.22. The molecule has 0 aliphatic carbocycles. The van der Waals surface area contributed by atoms with Crippen LogP contribution in [0.1, 0.15) is 5.69 Å². The van der Waals surface area contributed by atoms with Crippen molar-refractivity contribution < 1.29 is 5.11 Å². The van der Waals surface area contributed by atoms with Gasteiger partial charge in [-0.3, -0.25) is 9.67 Å². The number of aromatic nitrogens is 4. The van der Waals surface area contributed by atoms with Crippen LogP contribution in [0.3, 0.4) is 0 Å². The molecule has 2 rings (SSSR count). The molecule has 0 amide bonds. The van der Waals surface area contributed by atoms with Crippen molar-refractivity contribution in [2.45, 2.75) is 6.61 Å². The van der Waals surface area contributed by atoms with E-state index in [9.17, 15) is 0 Å². The minimum absolute atomic E-state index is 0.0409. The average molecular weight is 190 g/mol. The highest BCUT2D eigenvalue weighted by atomic mass is 16.3. The molecule has 0 spiro atoms. The molecular formula is C9H10N4O. The van der Waals surface area contributed by atoms with Gasteiger partial charge in [-0.05, 0) is 12.1 Å². The Kier molecular flexibility index (Phi) is 2.24. The number of aryl methyl sites for hydroxylation is 1. The zero-order valence-electron chi connectivity index (χ0n) is 7.75. The third-order valence-corrected chi connectivity index (χ3v) is 1.89. The lowest BCUT2D eigenvalue weighted by atomic mass is 10.2. The van der Waals surface area contributed by atoms with Crippen molar-refractivity contribution >= 4 is 0 Å². The van der Waals surface area contributed by atoms with E-state index in [1.807, 2.05) is 19.3 Å². The van der Waals surface area contributed by atoms with Crippen LogP contribution in [0, 0.1) is 0 Å². The first kappa shape index (κ1) is 8.83. The summed E-state index contributed by atoms with van der Waals surface area (Å²) in [7, 11) is 1.81. The van der Waals surface area contributed by atoms with Gasteiger partial charge in [0.05, 0.1) is 18.5 Å². The fourth-order valence-electron chi connectivity index (χ4n) is 1.15. The van der Waals surface area contributed by atoms with Crippen molar-refractivity contribution in [1.82, 2.24) is 20.0 Å². The fraction of sp³-hybridized carbons (Fsp3) is 0.222. The summed E-state index contributed by atoms with van der Waals surface area (Å²) in [4.78, 5) is 4.06. The molecule has 0 aromatic carbocycles. The second-order valence-corrected chi connectivity index (χ2v) is 2.97. The zero-order valence-corrected chi connectivity index (χ0v) is 7.75. The molecule has 1 N–H and O–H groups in total. The minimum atomic E-state index is -0.0409. The normalized spacial score (nSPS) is 10.4. The van der Waals surface area contributed by atoms with Gasteiger partial charge in [0, 0.05) is 18.8 Å². The van der Waals surface area contributed by atoms with E-state index in [2.05, 4.69) is 15.3 Å². The van der Waals surface area contributed by atoms with E-state index >= 15 is 0 Å². The highest BCUT2D eigenvalue weighted by Crippen LogP contribution is 2.14. The molecule has 0 saturated carbocycles. The Morgan fingerprint density at radius 1 is 1.43 bits per heavy atom. The maximum absolute atomic E-state index is 8.81. The molecule has 0 radical (unpaired) electrons. The van der Waals surface area contributed by atoms with E-state index < -0.39 is 0 Å². The van der Waals surface area contributed by atoms with Gasteiger partial charge in [-0.25, -0.2) is 0 Å². The number of rotatable bonds is 2. The highest BCUT2D eigenvalue weighted by Gasteiger charge is 2.02. The first-order chi connectivity index (χ1) is 6.79. The monoisotopic (exact) mass is 190 g/mol. The summed E-state index contributed by atoms with van der Waals surface area (Å²) in [5, 5.41) is 16.6. The molecule has 14 heavy (non-hydrogen) atoms. The second kappa shape index (κ2) is 3.55. The van der Waals surface area contributed by atoms with Crippen LogP contribution in [0.25, 0.3) is 11.3 Å². The topological polar surface area (TPSA) is 63.8 Å². The predicted octanol–water partition coefficient (Wildman–Crippen LogP) is 0.369. The summed E-state index contributed by atoms with van der Waals surface area (Å²) in [5.74, 6) is 0. The molecule has 0 atom stereocenters. The Hall–Kier alpha value is -1.75. The van der Waals surface area contributed by atoms with E-state index in [0.717, 1.165) is 11.3 Å². The van der Waals surface area contributed by atoms with Crippen molar-refractivity contribution in [3.8, 4) is 11.3 Å². The number of hydrogen-bond acceptors (Lipinski definition) is 4. The fourth-order valence-corrected chi connectivity index (χ4v) is 1.15. The Labute approximate surface area is 81.0 Å². The lowest BCUT2D eigenvalue weighted by molar-refractivity contribution is 0.277. The number of nitrogens with zero attached hydrogens (tertiary/aromatic N) is 4. The second-order valence-electron chi connectivity index (χ2n) is 2.97. The Balaban J connectivity index is 2.33. The molecule has 2 aromatic rings. The molecule has 5 nitrogen and oxygen atoms in total. The highest BCUT2D eigenvalue weighted by molar-refractivity contribution is 5.56. The van der Waals surface area contributed by atoms with E-state index in [1.54, 1.807) is 16.9 Å². The Morgan fingerprint density at radius 2 is 2.29 bits per heavy atom. The smallest absolute Gasteiger partial charge is 0.114 e. The molecule has 0 bridgehead atoms. The van der Waals surface area contributed by atoms with Crippen LogP contribution >= 0.6 is 0 Å². The number of pyridine rings is 1. The Morgan fingerprint density at radius 3 is 2.79 bits per heavy atom. The van der Waals surface area contributed by atoms with E-state index in [1.165, 1.54) is 0 Å². The molecule has 2 heterocycles. The minimum Gasteiger partial charge on any atom is -0.390 e. The van der Waals surface area contributed by atoms with Crippen molar-refractivity contribution in [3.05, 3.63) is 30.2 Å². The van der Waals surface area contributed by atoms with Crippen LogP contribution in [-0.2, 0) is 13.7 Å². The number of aliphatic hydroxyl groups excluding tert-OH is 1. The maximum atomic E-state index is 8.81. The van der Waals surface area contributed by atoms with Crippen LogP contribution in [0.4, 0.5) is 0 Å². The largest absolute Gasteiger partial charge is 0.390 e. The van der Waals surface area contributed by atoms with Crippen molar-refractivity contribution in [2.75, 3.05) is 0 Å². The van der Waals surface area contributed by atoms with Gasteiger partial charge < -0.3 is 5.11 Å². The van der Waals surface area contributed by atoms with Gasteiger partial charge in [0.2, 0.25) is 0 Å². The van der Waals surface area contributed by atoms with E-state index in [4.69, 9.17) is 5.11 Å². The van der Waals surface area contributed by atoms with Gasteiger partial charge in [0.15, 0.2) is 0 Å². The summed E-state index contributed by atoms with van der Waals surface area (Å²) in [6.07, 6.45) is 3.49. The quantitative estimate of drug-likeness (QED) is 0.743. The van der Waals surface area contributed by atoms with E-state index in [0.29, 0.717) is 5.69 Å². The molecule has 2 aromatic heterocycles. The van der Waals surface area contributed by atoms with Gasteiger partial charge >= 0.3 is 0 Å². The molecular weight excluding hydrogens is 180 g/mol. The summed E-state index contributed by atoms with van der Waals surface area (Å²) in [5.41, 5.74) is 2.33. The molecule has 0 unspecified atom stereocenters. The van der Waals surface area contributed by atoms with Gasteiger partial charge in [-0.1, -0.05) is 5.21 Å². The molecule has 0 aliphatic heterocycles. The molecule has 0 fully saturated rings. The van der Waals surface area contributed by atoms with Crippen molar-refractivity contribution in [1.29, 1.82) is 0 Å². The average Bonchev–Trinajstić information content (AvgIpc) is 2.65. The standard InChI is InChI=1S/C9H10N4O/c1-13-5-9(11-12-13)7-2-3-8(6-14)10-4-7/h2-5,14H,6H2,1H3. The first-order valence-electron chi connectivity index (χ1n) is 4.22. The van der Waals surface area contributed by atoms with Crippen LogP contribution in [0.2, 0.25) is 0 Å². The lowest BCUT2D eigenvalue weighted by Gasteiger charge is -1.96. The van der Waals surface area contributed by atoms with Crippen LogP contribution < -0.4 is 0 Å². The van der Waals surface area contributed by atoms with Crippen LogP contribution in [-0.4, -0.2) is 25.1 Å². The number of hydrogen-bond donors (Lipinski definition) is 1. The summed E-state index contributed by atoms with van der Waals surface area (Å²) >= 11 is 0. The van der Waals surface area contributed by atoms with Crippen molar-refractivity contribution in [3.63, 3.8) is 0 Å². The third-order valence-electron chi connectivity index (χ3n) is 1.89. The number of aliphatic hydroxyl groups is 1. The van der Waals surface area contributed by atoms with Gasteiger partial charge in [0.25, 0.3) is 0 Å². The molecule has 0 saturated heterocycles. The molecule has 5 heteroatoms. The molecule has 0 aliphatic rings. The van der Waals surface area contributed by atoms with Gasteiger partial charge in [-0.15, -0.1) is 5.10 Å². The Bertz CT molecular complexity index is 421. The summed E-state index contributed by atoms with van der Waals surface area (Å²) < 4.78 is 1.63. The van der Waals surface area contributed by atoms with Gasteiger partial charge in [-0.2, -0.15) is 0 Å². The third kappa shape index (κ3) is 1.62. The SMILES string of the molecule is Cn1cc(-c2ccc(CO)nc2)nn1. The lowest BCUT2D eigenvalue weighted by Crippen LogP contribution is -1.88. The van der Waals surface area contributed by atoms with Gasteiger partial charge in [0.1, 0.15) is 5.69 Å². The molecule has 72 valence electrons. The summed E-state index contributed by atoms with van der Waals surface area (Å²) in [6, 6.07) is 3.63. The van der Waals surface area contributed by atoms with Crippen LogP contribution in [0.5, 0.6) is 0 Å².